The summed E-state index contributed by atoms with van der Waals surface area (Å²) >= 11 is 0. The van der Waals surface area contributed by atoms with Gasteiger partial charge >= 0.3 is 12.1 Å². The third-order valence-electron chi connectivity index (χ3n) is 3.50. The van der Waals surface area contributed by atoms with Gasteiger partial charge in [0, 0.05) is 18.7 Å². The van der Waals surface area contributed by atoms with Crippen molar-refractivity contribution in [2.45, 2.75) is 25.4 Å². The molecular weight excluding hydrogens is 299 g/mol. The number of hydrogen-bond acceptors (Lipinski definition) is 2. The standard InChI is InChI=1S/C15H16F3NO3/c16-15(17,18)12-3-1-2-11(8-12)14(22)19(7-6-13(20)21)9-10-4-5-10/h1-3,8,10H,4-7,9H2,(H,20,21). The molecule has 7 heteroatoms. The molecule has 1 fully saturated rings. The first-order valence-corrected chi connectivity index (χ1v) is 6.95. The van der Waals surface area contributed by atoms with Crippen LogP contribution in [-0.2, 0) is 11.0 Å². The second kappa shape index (κ2) is 6.37. The summed E-state index contributed by atoms with van der Waals surface area (Å²) in [6, 6.07) is 4.21. The number of carbonyl (C=O) groups excluding carboxylic acids is 1. The minimum Gasteiger partial charge on any atom is -0.481 e. The summed E-state index contributed by atoms with van der Waals surface area (Å²) in [4.78, 5) is 24.4. The summed E-state index contributed by atoms with van der Waals surface area (Å²) in [5, 5.41) is 8.73. The van der Waals surface area contributed by atoms with Crippen LogP contribution < -0.4 is 0 Å². The molecule has 120 valence electrons. The Hall–Kier alpha value is -2.05. The van der Waals surface area contributed by atoms with Crippen LogP contribution in [0, 0.1) is 5.92 Å². The number of hydrogen-bond donors (Lipinski definition) is 1. The second-order valence-electron chi connectivity index (χ2n) is 5.42. The topological polar surface area (TPSA) is 57.6 Å². The van der Waals surface area contributed by atoms with E-state index >= 15 is 0 Å². The Balaban J connectivity index is 2.16. The van der Waals surface area contributed by atoms with Crippen LogP contribution in [0.15, 0.2) is 24.3 Å². The Labute approximate surface area is 125 Å². The third kappa shape index (κ3) is 4.47. The zero-order valence-corrected chi connectivity index (χ0v) is 11.8. The molecule has 1 aromatic rings. The Kier molecular flexibility index (Phi) is 4.73. The summed E-state index contributed by atoms with van der Waals surface area (Å²) in [5.41, 5.74) is -0.955. The summed E-state index contributed by atoms with van der Waals surface area (Å²) in [7, 11) is 0. The summed E-state index contributed by atoms with van der Waals surface area (Å²) in [6.07, 6.45) is -2.82. The Morgan fingerprint density at radius 1 is 1.27 bits per heavy atom. The van der Waals surface area contributed by atoms with Crippen molar-refractivity contribution in [2.75, 3.05) is 13.1 Å². The molecule has 0 spiro atoms. The fourth-order valence-electron chi connectivity index (χ4n) is 2.13. The molecule has 1 N–H and O–H groups in total. The molecule has 1 aliphatic carbocycles. The quantitative estimate of drug-likeness (QED) is 0.878. The zero-order chi connectivity index (χ0) is 16.3. The minimum atomic E-state index is -4.52. The predicted molar refractivity (Wildman–Crippen MR) is 72.3 cm³/mol. The summed E-state index contributed by atoms with van der Waals surface area (Å²) < 4.78 is 38.1. The lowest BCUT2D eigenvalue weighted by Crippen LogP contribution is -2.35. The smallest absolute Gasteiger partial charge is 0.416 e. The molecule has 4 nitrogen and oxygen atoms in total. The first-order valence-electron chi connectivity index (χ1n) is 6.95. The number of rotatable bonds is 6. The van der Waals surface area contributed by atoms with E-state index in [2.05, 4.69) is 0 Å². The van der Waals surface area contributed by atoms with Gasteiger partial charge in [-0.2, -0.15) is 13.2 Å². The van der Waals surface area contributed by atoms with Gasteiger partial charge in [0.1, 0.15) is 0 Å². The molecule has 0 unspecified atom stereocenters. The molecular formula is C15H16F3NO3. The van der Waals surface area contributed by atoms with Gasteiger partial charge in [-0.1, -0.05) is 6.07 Å². The summed E-state index contributed by atoms with van der Waals surface area (Å²) in [5.74, 6) is -1.28. The van der Waals surface area contributed by atoms with Gasteiger partial charge in [0.25, 0.3) is 5.91 Å². The normalized spacial score (nSPS) is 14.7. The molecule has 0 bridgehead atoms. The fourth-order valence-corrected chi connectivity index (χ4v) is 2.13. The largest absolute Gasteiger partial charge is 0.481 e. The molecule has 1 amide bonds. The molecule has 0 radical (unpaired) electrons. The monoisotopic (exact) mass is 315 g/mol. The van der Waals surface area contributed by atoms with Crippen molar-refractivity contribution >= 4 is 11.9 Å². The van der Waals surface area contributed by atoms with Crippen LogP contribution in [0.5, 0.6) is 0 Å². The number of alkyl halides is 3. The Morgan fingerprint density at radius 2 is 1.95 bits per heavy atom. The Bertz CT molecular complexity index is 567. The highest BCUT2D eigenvalue weighted by atomic mass is 19.4. The van der Waals surface area contributed by atoms with Crippen molar-refractivity contribution in [1.29, 1.82) is 0 Å². The highest BCUT2D eigenvalue weighted by Gasteiger charge is 2.32. The molecule has 1 aliphatic rings. The van der Waals surface area contributed by atoms with Gasteiger partial charge in [0.2, 0.25) is 0 Å². The predicted octanol–water partition coefficient (Wildman–Crippen LogP) is 3.03. The highest BCUT2D eigenvalue weighted by Crippen LogP contribution is 2.32. The molecule has 22 heavy (non-hydrogen) atoms. The van der Waals surface area contributed by atoms with Gasteiger partial charge in [-0.25, -0.2) is 0 Å². The van der Waals surface area contributed by atoms with E-state index in [9.17, 15) is 22.8 Å². The van der Waals surface area contributed by atoms with Gasteiger partial charge in [-0.15, -0.1) is 0 Å². The maximum absolute atomic E-state index is 12.7. The summed E-state index contributed by atoms with van der Waals surface area (Å²) in [6.45, 7) is 0.392. The van der Waals surface area contributed by atoms with Crippen LogP contribution in [0.2, 0.25) is 0 Å². The number of aliphatic carboxylic acids is 1. The van der Waals surface area contributed by atoms with Crippen molar-refractivity contribution < 1.29 is 27.9 Å². The number of benzene rings is 1. The van der Waals surface area contributed by atoms with E-state index < -0.39 is 23.6 Å². The van der Waals surface area contributed by atoms with Crippen LogP contribution in [0.3, 0.4) is 0 Å². The number of halogens is 3. The minimum absolute atomic E-state index is 0.000905. The van der Waals surface area contributed by atoms with Crippen molar-refractivity contribution in [3.8, 4) is 0 Å². The van der Waals surface area contributed by atoms with E-state index in [0.29, 0.717) is 12.5 Å². The number of nitrogens with zero attached hydrogens (tertiary/aromatic N) is 1. The van der Waals surface area contributed by atoms with Crippen molar-refractivity contribution in [3.63, 3.8) is 0 Å². The lowest BCUT2D eigenvalue weighted by molar-refractivity contribution is -0.138. The zero-order valence-electron chi connectivity index (χ0n) is 11.8. The highest BCUT2D eigenvalue weighted by molar-refractivity contribution is 5.94. The number of carboxylic acids is 1. The van der Waals surface area contributed by atoms with Crippen molar-refractivity contribution in [3.05, 3.63) is 35.4 Å². The first-order chi connectivity index (χ1) is 10.3. The van der Waals surface area contributed by atoms with E-state index in [1.165, 1.54) is 17.0 Å². The first kappa shape index (κ1) is 16.3. The molecule has 0 saturated heterocycles. The fraction of sp³-hybridized carbons (Fsp3) is 0.467. The van der Waals surface area contributed by atoms with E-state index in [1.54, 1.807) is 0 Å². The van der Waals surface area contributed by atoms with Gasteiger partial charge in [0.05, 0.1) is 12.0 Å². The Morgan fingerprint density at radius 3 is 2.50 bits per heavy atom. The van der Waals surface area contributed by atoms with Crippen LogP contribution in [0.1, 0.15) is 35.2 Å². The molecule has 1 saturated carbocycles. The van der Waals surface area contributed by atoms with E-state index in [0.717, 1.165) is 25.0 Å². The second-order valence-corrected chi connectivity index (χ2v) is 5.42. The van der Waals surface area contributed by atoms with E-state index in [1.807, 2.05) is 0 Å². The van der Waals surface area contributed by atoms with Gasteiger partial charge in [-0.05, 0) is 37.0 Å². The van der Waals surface area contributed by atoms with Gasteiger partial charge in [-0.3, -0.25) is 9.59 Å². The maximum Gasteiger partial charge on any atom is 0.416 e. The average molecular weight is 315 g/mol. The third-order valence-corrected chi connectivity index (χ3v) is 3.50. The molecule has 0 aromatic heterocycles. The van der Waals surface area contributed by atoms with Gasteiger partial charge < -0.3 is 10.0 Å². The van der Waals surface area contributed by atoms with Crippen LogP contribution in [0.4, 0.5) is 13.2 Å². The lowest BCUT2D eigenvalue weighted by Gasteiger charge is -2.22. The van der Waals surface area contributed by atoms with Gasteiger partial charge in [0.15, 0.2) is 0 Å². The number of amides is 1. The van der Waals surface area contributed by atoms with Crippen LogP contribution >= 0.6 is 0 Å². The average Bonchev–Trinajstić information content (AvgIpc) is 3.25. The molecule has 0 atom stereocenters. The lowest BCUT2D eigenvalue weighted by atomic mass is 10.1. The van der Waals surface area contributed by atoms with E-state index in [4.69, 9.17) is 5.11 Å². The molecule has 1 aromatic carbocycles. The van der Waals surface area contributed by atoms with E-state index in [-0.39, 0.29) is 18.5 Å². The molecule has 0 aliphatic heterocycles. The van der Waals surface area contributed by atoms with Crippen LogP contribution in [-0.4, -0.2) is 35.0 Å². The maximum atomic E-state index is 12.7. The SMILES string of the molecule is O=C(O)CCN(CC1CC1)C(=O)c1cccc(C(F)(F)F)c1. The van der Waals surface area contributed by atoms with Crippen LogP contribution in [0.25, 0.3) is 0 Å². The van der Waals surface area contributed by atoms with Crippen molar-refractivity contribution in [2.24, 2.45) is 5.92 Å². The number of carbonyl (C=O) groups is 2. The molecule has 0 heterocycles. The number of carboxylic acid groups (broad SMARTS) is 1. The van der Waals surface area contributed by atoms with Crippen molar-refractivity contribution in [1.82, 2.24) is 4.90 Å². The molecule has 2 rings (SSSR count).